The van der Waals surface area contributed by atoms with E-state index in [1.807, 2.05) is 30.3 Å². The van der Waals surface area contributed by atoms with Gasteiger partial charge < -0.3 is 10.6 Å². The Morgan fingerprint density at radius 3 is 2.53 bits per heavy atom. The molecule has 0 fully saturated rings. The van der Waals surface area contributed by atoms with E-state index in [9.17, 15) is 18.0 Å². The number of rotatable bonds is 8. The summed E-state index contributed by atoms with van der Waals surface area (Å²) in [6.45, 7) is 4.61. The molecule has 3 rings (SSSR count). The Hall–Kier alpha value is -3.17. The van der Waals surface area contributed by atoms with Crippen LogP contribution in [-0.2, 0) is 17.4 Å². The molecule has 2 aromatic heterocycles. The molecule has 0 saturated carbocycles. The van der Waals surface area contributed by atoms with Gasteiger partial charge in [0.25, 0.3) is 11.6 Å². The van der Waals surface area contributed by atoms with Gasteiger partial charge in [-0.2, -0.15) is 18.2 Å². The van der Waals surface area contributed by atoms with Crippen molar-refractivity contribution in [3.63, 3.8) is 0 Å². The van der Waals surface area contributed by atoms with Gasteiger partial charge in [0.15, 0.2) is 0 Å². The zero-order chi connectivity index (χ0) is 21.7. The number of aromatic nitrogens is 4. The summed E-state index contributed by atoms with van der Waals surface area (Å²) in [6, 6.07) is 9.79. The molecule has 7 nitrogen and oxygen atoms in total. The number of alkyl halides is 3. The van der Waals surface area contributed by atoms with Gasteiger partial charge in [-0.3, -0.25) is 4.79 Å². The summed E-state index contributed by atoms with van der Waals surface area (Å²) in [5.41, 5.74) is 2.77. The van der Waals surface area contributed by atoms with Gasteiger partial charge in [0.1, 0.15) is 0 Å². The third-order valence-electron chi connectivity index (χ3n) is 4.68. The van der Waals surface area contributed by atoms with Crippen LogP contribution in [0.2, 0.25) is 0 Å². The van der Waals surface area contributed by atoms with Crippen LogP contribution in [0, 0.1) is 13.8 Å². The molecule has 3 aromatic rings. The van der Waals surface area contributed by atoms with Crippen molar-refractivity contribution in [2.24, 2.45) is 0 Å². The normalized spacial score (nSPS) is 11.6. The minimum atomic E-state index is -4.64. The standard InChI is InChI=1S/C20H23F3N6O/c1-13-16(14(2)29-19(26-13)27-18(28-29)20(21,22)23)9-10-17(30)25-12-6-11-24-15-7-4-3-5-8-15/h3-5,7-8,24H,6,9-12H2,1-2H3,(H,25,30). The molecule has 0 aliphatic heterocycles. The molecule has 30 heavy (non-hydrogen) atoms. The second-order valence-electron chi connectivity index (χ2n) is 6.90. The molecule has 10 heteroatoms. The van der Waals surface area contributed by atoms with E-state index in [1.54, 1.807) is 13.8 Å². The van der Waals surface area contributed by atoms with Crippen molar-refractivity contribution < 1.29 is 18.0 Å². The van der Waals surface area contributed by atoms with Crippen molar-refractivity contribution in [1.29, 1.82) is 0 Å². The number of halogens is 3. The van der Waals surface area contributed by atoms with Gasteiger partial charge in [0.2, 0.25) is 5.91 Å². The van der Waals surface area contributed by atoms with Crippen molar-refractivity contribution in [3.8, 4) is 0 Å². The van der Waals surface area contributed by atoms with Crippen LogP contribution in [0.25, 0.3) is 5.78 Å². The summed E-state index contributed by atoms with van der Waals surface area (Å²) in [6.07, 6.45) is -3.30. The molecule has 1 aromatic carbocycles. The van der Waals surface area contributed by atoms with E-state index < -0.39 is 12.0 Å². The highest BCUT2D eigenvalue weighted by molar-refractivity contribution is 5.76. The number of hydrogen-bond acceptors (Lipinski definition) is 5. The van der Waals surface area contributed by atoms with Crippen LogP contribution in [0.4, 0.5) is 18.9 Å². The zero-order valence-corrected chi connectivity index (χ0v) is 16.8. The number of hydrogen-bond donors (Lipinski definition) is 2. The molecule has 0 saturated heterocycles. The molecular weight excluding hydrogens is 397 g/mol. The first-order valence-electron chi connectivity index (χ1n) is 9.61. The number of anilines is 1. The van der Waals surface area contributed by atoms with E-state index in [2.05, 4.69) is 25.7 Å². The van der Waals surface area contributed by atoms with Crippen molar-refractivity contribution >= 4 is 17.4 Å². The number of aryl methyl sites for hydroxylation is 2. The van der Waals surface area contributed by atoms with Crippen LogP contribution in [-0.4, -0.2) is 38.6 Å². The Labute approximate surface area is 171 Å². The fraction of sp³-hybridized carbons (Fsp3) is 0.400. The number of para-hydroxylation sites is 1. The van der Waals surface area contributed by atoms with Gasteiger partial charge in [0.05, 0.1) is 0 Å². The molecule has 0 bridgehead atoms. The van der Waals surface area contributed by atoms with Crippen molar-refractivity contribution in [3.05, 3.63) is 53.1 Å². The molecule has 0 spiro atoms. The lowest BCUT2D eigenvalue weighted by Crippen LogP contribution is -2.26. The summed E-state index contributed by atoms with van der Waals surface area (Å²) in [5.74, 6) is -1.45. The first kappa shape index (κ1) is 21.5. The molecule has 0 aliphatic rings. The summed E-state index contributed by atoms with van der Waals surface area (Å²) in [4.78, 5) is 19.7. The lowest BCUT2D eigenvalue weighted by atomic mass is 10.1. The SMILES string of the molecule is Cc1nc2nc(C(F)(F)F)nn2c(C)c1CCC(=O)NCCCNc1ccccc1. The first-order chi connectivity index (χ1) is 14.3. The highest BCUT2D eigenvalue weighted by Gasteiger charge is 2.36. The third kappa shape index (κ3) is 5.25. The molecule has 0 radical (unpaired) electrons. The van der Waals surface area contributed by atoms with Gasteiger partial charge >= 0.3 is 6.18 Å². The average molecular weight is 420 g/mol. The largest absolute Gasteiger partial charge is 0.453 e. The van der Waals surface area contributed by atoms with E-state index in [4.69, 9.17) is 0 Å². The summed E-state index contributed by atoms with van der Waals surface area (Å²) in [5, 5.41) is 9.64. The van der Waals surface area contributed by atoms with Crippen LogP contribution < -0.4 is 10.6 Å². The number of nitrogens with zero attached hydrogens (tertiary/aromatic N) is 4. The fourth-order valence-electron chi connectivity index (χ4n) is 3.12. The van der Waals surface area contributed by atoms with E-state index in [0.717, 1.165) is 23.2 Å². The Kier molecular flexibility index (Phi) is 6.53. The van der Waals surface area contributed by atoms with Crippen LogP contribution in [0.3, 0.4) is 0 Å². The Morgan fingerprint density at radius 1 is 1.10 bits per heavy atom. The van der Waals surface area contributed by atoms with Gasteiger partial charge in [-0.1, -0.05) is 18.2 Å². The molecule has 0 unspecified atom stereocenters. The average Bonchev–Trinajstić information content (AvgIpc) is 3.13. The van der Waals surface area contributed by atoms with Gasteiger partial charge in [-0.15, -0.1) is 5.10 Å². The monoisotopic (exact) mass is 420 g/mol. The van der Waals surface area contributed by atoms with Crippen molar-refractivity contribution in [2.45, 2.75) is 39.3 Å². The fourth-order valence-corrected chi connectivity index (χ4v) is 3.12. The second-order valence-corrected chi connectivity index (χ2v) is 6.90. The second kappa shape index (κ2) is 9.10. The topological polar surface area (TPSA) is 84.2 Å². The molecule has 2 N–H and O–H groups in total. The Morgan fingerprint density at radius 2 is 1.83 bits per heavy atom. The third-order valence-corrected chi connectivity index (χ3v) is 4.68. The summed E-state index contributed by atoms with van der Waals surface area (Å²) >= 11 is 0. The maximum atomic E-state index is 12.9. The molecule has 0 aliphatic carbocycles. The lowest BCUT2D eigenvalue weighted by molar-refractivity contribution is -0.144. The minimum Gasteiger partial charge on any atom is -0.385 e. The van der Waals surface area contributed by atoms with Gasteiger partial charge in [-0.25, -0.2) is 9.50 Å². The van der Waals surface area contributed by atoms with Crippen LogP contribution >= 0.6 is 0 Å². The van der Waals surface area contributed by atoms with Crippen LogP contribution in [0.15, 0.2) is 30.3 Å². The predicted octanol–water partition coefficient (Wildman–Crippen LogP) is 3.31. The number of amides is 1. The smallest absolute Gasteiger partial charge is 0.385 e. The number of carbonyl (C=O) groups is 1. The maximum absolute atomic E-state index is 12.9. The van der Waals surface area contributed by atoms with E-state index >= 15 is 0 Å². The first-order valence-corrected chi connectivity index (χ1v) is 9.61. The number of fused-ring (bicyclic) bond motifs is 1. The lowest BCUT2D eigenvalue weighted by Gasteiger charge is -2.11. The molecular formula is C20H23F3N6O. The zero-order valence-electron chi connectivity index (χ0n) is 16.8. The summed E-state index contributed by atoms with van der Waals surface area (Å²) in [7, 11) is 0. The van der Waals surface area contributed by atoms with Crippen molar-refractivity contribution in [2.75, 3.05) is 18.4 Å². The van der Waals surface area contributed by atoms with Gasteiger partial charge in [-0.05, 0) is 44.4 Å². The highest BCUT2D eigenvalue weighted by atomic mass is 19.4. The van der Waals surface area contributed by atoms with E-state index in [1.165, 1.54) is 0 Å². The predicted molar refractivity (Wildman–Crippen MR) is 106 cm³/mol. The van der Waals surface area contributed by atoms with Crippen molar-refractivity contribution in [1.82, 2.24) is 24.9 Å². The van der Waals surface area contributed by atoms with E-state index in [0.29, 0.717) is 29.9 Å². The van der Waals surface area contributed by atoms with E-state index in [-0.39, 0.29) is 18.1 Å². The van der Waals surface area contributed by atoms with Crippen LogP contribution in [0.1, 0.15) is 35.6 Å². The molecule has 160 valence electrons. The molecule has 0 atom stereocenters. The van der Waals surface area contributed by atoms with Crippen LogP contribution in [0.5, 0.6) is 0 Å². The van der Waals surface area contributed by atoms with Gasteiger partial charge in [0, 0.05) is 36.6 Å². The number of nitrogens with one attached hydrogen (secondary N) is 2. The Bertz CT molecular complexity index is 1020. The Balaban J connectivity index is 1.51. The molecule has 2 heterocycles. The summed E-state index contributed by atoms with van der Waals surface area (Å²) < 4.78 is 39.7. The highest BCUT2D eigenvalue weighted by Crippen LogP contribution is 2.27. The number of carbonyl (C=O) groups excluding carboxylic acids is 1. The maximum Gasteiger partial charge on any atom is 0.453 e. The minimum absolute atomic E-state index is 0.101. The molecule has 1 amide bonds. The number of benzene rings is 1. The quantitative estimate of drug-likeness (QED) is 0.547.